The van der Waals surface area contributed by atoms with Crippen LogP contribution in [0, 0.1) is 5.92 Å². The van der Waals surface area contributed by atoms with Crippen LogP contribution in [-0.2, 0) is 14.8 Å². The number of amides is 1. The van der Waals surface area contributed by atoms with Crippen molar-refractivity contribution in [2.45, 2.75) is 31.2 Å². The van der Waals surface area contributed by atoms with Crippen molar-refractivity contribution in [3.63, 3.8) is 0 Å². The molecule has 2 rings (SSSR count). The van der Waals surface area contributed by atoms with Gasteiger partial charge in [0, 0.05) is 5.02 Å². The lowest BCUT2D eigenvalue weighted by Gasteiger charge is -2.22. The van der Waals surface area contributed by atoms with Gasteiger partial charge in [-0.05, 0) is 41.3 Å². The number of carbonyl (C=O) groups excluding carboxylic acids is 1. The second kappa shape index (κ2) is 8.64. The summed E-state index contributed by atoms with van der Waals surface area (Å²) in [6, 6.07) is 12.4. The molecule has 2 aromatic carbocycles. The van der Waals surface area contributed by atoms with Gasteiger partial charge in [-0.2, -0.15) is 4.72 Å². The SMILES string of the molecule is CC[C@@H](C)[C@H](NS(=O)(=O)c1ccc(-c2ccc(Cl)cc2)cc1)C(=O)NO. The Hall–Kier alpha value is -1.93. The Kier molecular flexibility index (Phi) is 6.77. The molecule has 0 fully saturated rings. The number of hydrogen-bond donors (Lipinski definition) is 3. The summed E-state index contributed by atoms with van der Waals surface area (Å²) in [4.78, 5) is 11.8. The van der Waals surface area contributed by atoms with Gasteiger partial charge in [0.05, 0.1) is 4.90 Å². The molecule has 3 N–H and O–H groups in total. The zero-order valence-corrected chi connectivity index (χ0v) is 16.0. The molecule has 2 atom stereocenters. The summed E-state index contributed by atoms with van der Waals surface area (Å²) >= 11 is 5.87. The Labute approximate surface area is 158 Å². The zero-order valence-electron chi connectivity index (χ0n) is 14.4. The molecule has 6 nitrogen and oxygen atoms in total. The molecule has 26 heavy (non-hydrogen) atoms. The van der Waals surface area contributed by atoms with Gasteiger partial charge in [-0.1, -0.05) is 56.1 Å². The maximum Gasteiger partial charge on any atom is 0.261 e. The molecule has 0 aliphatic rings. The minimum absolute atomic E-state index is 0.0363. The van der Waals surface area contributed by atoms with E-state index in [1.165, 1.54) is 17.6 Å². The molecular formula is C18H21ClN2O4S. The van der Waals surface area contributed by atoms with Crippen molar-refractivity contribution in [2.24, 2.45) is 5.92 Å². The van der Waals surface area contributed by atoms with Gasteiger partial charge in [-0.3, -0.25) is 10.0 Å². The lowest BCUT2D eigenvalue weighted by Crippen LogP contribution is -2.49. The fraction of sp³-hybridized carbons (Fsp3) is 0.278. The third kappa shape index (κ3) is 4.82. The van der Waals surface area contributed by atoms with E-state index >= 15 is 0 Å². The maximum atomic E-state index is 12.6. The Morgan fingerprint density at radius 3 is 2.04 bits per heavy atom. The van der Waals surface area contributed by atoms with Crippen molar-refractivity contribution in [2.75, 3.05) is 0 Å². The first-order valence-corrected chi connectivity index (χ1v) is 9.97. The van der Waals surface area contributed by atoms with E-state index in [1.807, 2.05) is 19.1 Å². The molecule has 8 heteroatoms. The van der Waals surface area contributed by atoms with Crippen LogP contribution in [0.4, 0.5) is 0 Å². The molecule has 0 bridgehead atoms. The number of carbonyl (C=O) groups is 1. The summed E-state index contributed by atoms with van der Waals surface area (Å²) in [6.45, 7) is 3.56. The number of sulfonamides is 1. The van der Waals surface area contributed by atoms with Gasteiger partial charge in [-0.15, -0.1) is 0 Å². The van der Waals surface area contributed by atoms with E-state index in [1.54, 1.807) is 31.2 Å². The second-order valence-electron chi connectivity index (χ2n) is 5.99. The van der Waals surface area contributed by atoms with E-state index in [9.17, 15) is 13.2 Å². The van der Waals surface area contributed by atoms with Crippen LogP contribution in [0.1, 0.15) is 20.3 Å². The van der Waals surface area contributed by atoms with E-state index in [0.29, 0.717) is 11.4 Å². The van der Waals surface area contributed by atoms with Crippen LogP contribution < -0.4 is 10.2 Å². The van der Waals surface area contributed by atoms with Crippen molar-refractivity contribution < 1.29 is 18.4 Å². The smallest absolute Gasteiger partial charge is 0.261 e. The van der Waals surface area contributed by atoms with E-state index in [-0.39, 0.29) is 10.8 Å². The fourth-order valence-corrected chi connectivity index (χ4v) is 3.87. The highest BCUT2D eigenvalue weighted by atomic mass is 35.5. The van der Waals surface area contributed by atoms with E-state index < -0.39 is 22.0 Å². The number of hydroxylamine groups is 1. The molecule has 0 radical (unpaired) electrons. The summed E-state index contributed by atoms with van der Waals surface area (Å²) in [5.74, 6) is -1.08. The summed E-state index contributed by atoms with van der Waals surface area (Å²) in [7, 11) is -3.92. The van der Waals surface area contributed by atoms with E-state index in [2.05, 4.69) is 4.72 Å². The lowest BCUT2D eigenvalue weighted by atomic mass is 10.00. The number of rotatable bonds is 7. The van der Waals surface area contributed by atoms with Crippen LogP contribution in [0.2, 0.25) is 5.02 Å². The van der Waals surface area contributed by atoms with Gasteiger partial charge in [0.25, 0.3) is 5.91 Å². The molecule has 1 amide bonds. The molecule has 0 aliphatic heterocycles. The average molecular weight is 397 g/mol. The average Bonchev–Trinajstić information content (AvgIpc) is 2.65. The van der Waals surface area contributed by atoms with Crippen LogP contribution in [0.3, 0.4) is 0 Å². The Morgan fingerprint density at radius 2 is 1.58 bits per heavy atom. The van der Waals surface area contributed by atoms with Crippen LogP contribution in [0.5, 0.6) is 0 Å². The molecule has 0 saturated heterocycles. The standard InChI is InChI=1S/C18H21ClN2O4S/c1-3-12(2)17(18(22)20-23)21-26(24,25)16-10-6-14(7-11-16)13-4-8-15(19)9-5-13/h4-12,17,21,23H,3H2,1-2H3,(H,20,22)/t12-,17+/m1/s1. The van der Waals surface area contributed by atoms with E-state index in [0.717, 1.165) is 11.1 Å². The highest BCUT2D eigenvalue weighted by Crippen LogP contribution is 2.23. The molecule has 0 saturated carbocycles. The van der Waals surface area contributed by atoms with Crippen LogP contribution in [-0.4, -0.2) is 25.6 Å². The fourth-order valence-electron chi connectivity index (χ4n) is 2.44. The van der Waals surface area contributed by atoms with Crippen molar-refractivity contribution in [3.05, 3.63) is 53.6 Å². The Morgan fingerprint density at radius 1 is 1.08 bits per heavy atom. The highest BCUT2D eigenvalue weighted by molar-refractivity contribution is 7.89. The third-order valence-electron chi connectivity index (χ3n) is 4.23. The molecule has 140 valence electrons. The van der Waals surface area contributed by atoms with Crippen LogP contribution in [0.15, 0.2) is 53.4 Å². The molecule has 0 unspecified atom stereocenters. The number of nitrogens with one attached hydrogen (secondary N) is 2. The molecular weight excluding hydrogens is 376 g/mol. The number of halogens is 1. The maximum absolute atomic E-state index is 12.6. The molecule has 0 spiro atoms. The molecule has 2 aromatic rings. The van der Waals surface area contributed by atoms with Crippen LogP contribution >= 0.6 is 11.6 Å². The predicted molar refractivity (Wildman–Crippen MR) is 100 cm³/mol. The summed E-state index contributed by atoms with van der Waals surface area (Å²) in [5.41, 5.74) is 3.26. The summed E-state index contributed by atoms with van der Waals surface area (Å²) in [5, 5.41) is 9.48. The first-order chi connectivity index (χ1) is 12.3. The highest BCUT2D eigenvalue weighted by Gasteiger charge is 2.29. The number of hydrogen-bond acceptors (Lipinski definition) is 4. The van der Waals surface area contributed by atoms with Gasteiger partial charge >= 0.3 is 0 Å². The quantitative estimate of drug-likeness (QED) is 0.494. The molecule has 0 aromatic heterocycles. The van der Waals surface area contributed by atoms with Gasteiger partial charge in [0.15, 0.2) is 0 Å². The normalized spacial score (nSPS) is 13.8. The Balaban J connectivity index is 2.25. The third-order valence-corrected chi connectivity index (χ3v) is 5.94. The lowest BCUT2D eigenvalue weighted by molar-refractivity contribution is -0.132. The first-order valence-electron chi connectivity index (χ1n) is 8.10. The van der Waals surface area contributed by atoms with Gasteiger partial charge in [0.1, 0.15) is 6.04 Å². The minimum atomic E-state index is -3.92. The minimum Gasteiger partial charge on any atom is -0.289 e. The first kappa shape index (κ1) is 20.4. The van der Waals surface area contributed by atoms with Gasteiger partial charge in [-0.25, -0.2) is 13.9 Å². The largest absolute Gasteiger partial charge is 0.289 e. The monoisotopic (exact) mass is 396 g/mol. The molecule has 0 heterocycles. The van der Waals surface area contributed by atoms with Crippen molar-refractivity contribution in [1.29, 1.82) is 0 Å². The second-order valence-corrected chi connectivity index (χ2v) is 8.14. The van der Waals surface area contributed by atoms with Crippen molar-refractivity contribution >= 4 is 27.5 Å². The molecule has 0 aliphatic carbocycles. The Bertz CT molecular complexity index is 852. The number of benzene rings is 2. The van der Waals surface area contributed by atoms with Gasteiger partial charge < -0.3 is 0 Å². The predicted octanol–water partition coefficient (Wildman–Crippen LogP) is 3.21. The van der Waals surface area contributed by atoms with Gasteiger partial charge in [0.2, 0.25) is 10.0 Å². The summed E-state index contributed by atoms with van der Waals surface area (Å²) < 4.78 is 27.5. The summed E-state index contributed by atoms with van der Waals surface area (Å²) in [6.07, 6.45) is 0.566. The van der Waals surface area contributed by atoms with Crippen molar-refractivity contribution in [3.8, 4) is 11.1 Å². The van der Waals surface area contributed by atoms with Crippen LogP contribution in [0.25, 0.3) is 11.1 Å². The topological polar surface area (TPSA) is 95.5 Å². The van der Waals surface area contributed by atoms with Crippen molar-refractivity contribution in [1.82, 2.24) is 10.2 Å². The zero-order chi connectivity index (χ0) is 19.3. The van der Waals surface area contributed by atoms with E-state index in [4.69, 9.17) is 16.8 Å².